The lowest BCUT2D eigenvalue weighted by atomic mass is 9.78. The summed E-state index contributed by atoms with van der Waals surface area (Å²) >= 11 is 0. The van der Waals surface area contributed by atoms with Crippen LogP contribution in [0.2, 0.25) is 0 Å². The standard InChI is InChI=1S/C15H29N3O2/c1-3-12-11-17(2)8-5-9-18(12)13-6-4-7-15(16,10-13)14(19)20/h12-13H,3-11,16H2,1-2H3,(H,19,20). The molecule has 1 heterocycles. The summed E-state index contributed by atoms with van der Waals surface area (Å²) < 4.78 is 0. The molecule has 1 saturated carbocycles. The highest BCUT2D eigenvalue weighted by Crippen LogP contribution is 2.32. The van der Waals surface area contributed by atoms with Crippen LogP contribution in [0.1, 0.15) is 45.4 Å². The molecule has 0 aromatic rings. The van der Waals surface area contributed by atoms with Gasteiger partial charge < -0.3 is 15.7 Å². The highest BCUT2D eigenvalue weighted by molar-refractivity contribution is 5.78. The fraction of sp³-hybridized carbons (Fsp3) is 0.933. The second-order valence-corrected chi connectivity index (χ2v) is 6.63. The second kappa shape index (κ2) is 6.41. The minimum absolute atomic E-state index is 0.335. The monoisotopic (exact) mass is 283 g/mol. The van der Waals surface area contributed by atoms with E-state index in [1.54, 1.807) is 0 Å². The fourth-order valence-electron chi connectivity index (χ4n) is 3.86. The van der Waals surface area contributed by atoms with E-state index in [2.05, 4.69) is 23.8 Å². The van der Waals surface area contributed by atoms with Gasteiger partial charge in [0.2, 0.25) is 0 Å². The molecule has 5 heteroatoms. The summed E-state index contributed by atoms with van der Waals surface area (Å²) in [6, 6.07) is 0.866. The highest BCUT2D eigenvalue weighted by Gasteiger charge is 2.42. The summed E-state index contributed by atoms with van der Waals surface area (Å²) in [7, 11) is 2.18. The van der Waals surface area contributed by atoms with Crippen molar-refractivity contribution in [2.24, 2.45) is 5.73 Å². The van der Waals surface area contributed by atoms with E-state index in [4.69, 9.17) is 5.73 Å². The minimum atomic E-state index is -1.01. The lowest BCUT2D eigenvalue weighted by Gasteiger charge is -2.43. The summed E-state index contributed by atoms with van der Waals surface area (Å²) in [5, 5.41) is 9.38. The van der Waals surface area contributed by atoms with Crippen molar-refractivity contribution in [3.8, 4) is 0 Å². The van der Waals surface area contributed by atoms with Crippen molar-refractivity contribution in [1.82, 2.24) is 9.80 Å². The molecule has 0 bridgehead atoms. The van der Waals surface area contributed by atoms with Crippen LogP contribution >= 0.6 is 0 Å². The molecule has 3 unspecified atom stereocenters. The van der Waals surface area contributed by atoms with Gasteiger partial charge in [-0.2, -0.15) is 0 Å². The third-order valence-corrected chi connectivity index (χ3v) is 5.07. The largest absolute Gasteiger partial charge is 0.480 e. The maximum Gasteiger partial charge on any atom is 0.323 e. The first-order valence-corrected chi connectivity index (χ1v) is 7.93. The van der Waals surface area contributed by atoms with E-state index in [-0.39, 0.29) is 0 Å². The van der Waals surface area contributed by atoms with Gasteiger partial charge in [-0.1, -0.05) is 6.92 Å². The van der Waals surface area contributed by atoms with Crippen molar-refractivity contribution >= 4 is 5.97 Å². The fourth-order valence-corrected chi connectivity index (χ4v) is 3.86. The molecule has 3 atom stereocenters. The summed E-state index contributed by atoms with van der Waals surface area (Å²) in [5.74, 6) is -0.831. The van der Waals surface area contributed by atoms with Gasteiger partial charge in [0.05, 0.1) is 0 Å². The van der Waals surface area contributed by atoms with E-state index in [0.717, 1.165) is 45.3 Å². The predicted molar refractivity (Wildman–Crippen MR) is 79.7 cm³/mol. The van der Waals surface area contributed by atoms with Gasteiger partial charge in [-0.05, 0) is 58.7 Å². The molecule has 1 saturated heterocycles. The Balaban J connectivity index is 2.10. The van der Waals surface area contributed by atoms with E-state index in [9.17, 15) is 9.90 Å². The van der Waals surface area contributed by atoms with Gasteiger partial charge in [-0.25, -0.2) is 0 Å². The SMILES string of the molecule is CCC1CN(C)CCCN1C1CCCC(N)(C(=O)O)C1. The molecule has 3 N–H and O–H groups in total. The van der Waals surface area contributed by atoms with Crippen molar-refractivity contribution in [2.75, 3.05) is 26.7 Å². The zero-order valence-electron chi connectivity index (χ0n) is 12.8. The molecule has 2 fully saturated rings. The van der Waals surface area contributed by atoms with Gasteiger partial charge >= 0.3 is 5.97 Å². The molecule has 2 rings (SSSR count). The van der Waals surface area contributed by atoms with Crippen molar-refractivity contribution in [3.63, 3.8) is 0 Å². The molecule has 0 aromatic carbocycles. The van der Waals surface area contributed by atoms with E-state index < -0.39 is 11.5 Å². The van der Waals surface area contributed by atoms with Crippen LogP contribution in [-0.4, -0.2) is 65.2 Å². The van der Waals surface area contributed by atoms with Gasteiger partial charge in [0, 0.05) is 18.6 Å². The Bertz CT molecular complexity index is 350. The van der Waals surface area contributed by atoms with Crippen molar-refractivity contribution in [3.05, 3.63) is 0 Å². The minimum Gasteiger partial charge on any atom is -0.480 e. The summed E-state index contributed by atoms with van der Waals surface area (Å²) in [6.45, 7) is 5.51. The number of nitrogens with zero attached hydrogens (tertiary/aromatic N) is 2. The number of likely N-dealkylation sites (N-methyl/N-ethyl adjacent to an activating group) is 1. The molecule has 20 heavy (non-hydrogen) atoms. The lowest BCUT2D eigenvalue weighted by molar-refractivity contribution is -0.145. The number of rotatable bonds is 3. The van der Waals surface area contributed by atoms with Crippen LogP contribution in [-0.2, 0) is 4.79 Å². The Kier molecular flexibility index (Phi) is 5.04. The predicted octanol–water partition coefficient (Wildman–Crippen LogP) is 1.13. The summed E-state index contributed by atoms with van der Waals surface area (Å²) in [4.78, 5) is 16.4. The zero-order chi connectivity index (χ0) is 14.8. The van der Waals surface area contributed by atoms with Crippen LogP contribution in [0, 0.1) is 0 Å². The van der Waals surface area contributed by atoms with Gasteiger partial charge in [0.1, 0.15) is 5.54 Å². The number of hydrogen-bond acceptors (Lipinski definition) is 4. The quantitative estimate of drug-likeness (QED) is 0.812. The van der Waals surface area contributed by atoms with Crippen LogP contribution in [0.5, 0.6) is 0 Å². The number of aliphatic carboxylic acids is 1. The average molecular weight is 283 g/mol. The third-order valence-electron chi connectivity index (χ3n) is 5.07. The highest BCUT2D eigenvalue weighted by atomic mass is 16.4. The van der Waals surface area contributed by atoms with Crippen LogP contribution in [0.4, 0.5) is 0 Å². The lowest BCUT2D eigenvalue weighted by Crippen LogP contribution is -2.57. The number of carboxylic acid groups (broad SMARTS) is 1. The molecule has 1 aliphatic heterocycles. The second-order valence-electron chi connectivity index (χ2n) is 6.63. The maximum atomic E-state index is 11.4. The Labute approximate surface area is 122 Å². The number of carboxylic acids is 1. The molecule has 0 radical (unpaired) electrons. The molecular weight excluding hydrogens is 254 g/mol. The van der Waals surface area contributed by atoms with Gasteiger partial charge in [-0.15, -0.1) is 0 Å². The van der Waals surface area contributed by atoms with E-state index in [1.165, 1.54) is 0 Å². The third kappa shape index (κ3) is 3.32. The van der Waals surface area contributed by atoms with E-state index in [0.29, 0.717) is 24.9 Å². The van der Waals surface area contributed by atoms with E-state index >= 15 is 0 Å². The number of carbonyl (C=O) groups is 1. The molecule has 0 spiro atoms. The van der Waals surface area contributed by atoms with Crippen molar-refractivity contribution < 1.29 is 9.90 Å². The van der Waals surface area contributed by atoms with Crippen molar-refractivity contribution in [2.45, 2.75) is 63.1 Å². The smallest absolute Gasteiger partial charge is 0.323 e. The van der Waals surface area contributed by atoms with Crippen LogP contribution < -0.4 is 5.73 Å². The summed E-state index contributed by atoms with van der Waals surface area (Å²) in [6.07, 6.45) is 5.51. The van der Waals surface area contributed by atoms with Gasteiger partial charge in [0.25, 0.3) is 0 Å². The molecule has 2 aliphatic rings. The molecule has 1 aliphatic carbocycles. The molecule has 5 nitrogen and oxygen atoms in total. The Morgan fingerprint density at radius 2 is 2.15 bits per heavy atom. The Morgan fingerprint density at radius 3 is 2.80 bits per heavy atom. The average Bonchev–Trinajstić information content (AvgIpc) is 2.60. The normalized spacial score (nSPS) is 37.5. The first-order valence-electron chi connectivity index (χ1n) is 7.93. The van der Waals surface area contributed by atoms with Crippen LogP contribution in [0.15, 0.2) is 0 Å². The molecule has 0 amide bonds. The number of nitrogens with two attached hydrogens (primary N) is 1. The molecular formula is C15H29N3O2. The van der Waals surface area contributed by atoms with Gasteiger partial charge in [0.15, 0.2) is 0 Å². The Morgan fingerprint density at radius 1 is 1.40 bits per heavy atom. The Hall–Kier alpha value is -0.650. The van der Waals surface area contributed by atoms with Gasteiger partial charge in [-0.3, -0.25) is 9.69 Å². The first kappa shape index (κ1) is 15.7. The maximum absolute atomic E-state index is 11.4. The first-order chi connectivity index (χ1) is 9.46. The summed E-state index contributed by atoms with van der Waals surface area (Å²) in [5.41, 5.74) is 5.10. The zero-order valence-corrected chi connectivity index (χ0v) is 12.8. The topological polar surface area (TPSA) is 69.8 Å². The van der Waals surface area contributed by atoms with Crippen LogP contribution in [0.3, 0.4) is 0 Å². The number of hydrogen-bond donors (Lipinski definition) is 2. The van der Waals surface area contributed by atoms with Crippen LogP contribution in [0.25, 0.3) is 0 Å². The van der Waals surface area contributed by atoms with E-state index in [1.807, 2.05) is 0 Å². The molecule has 116 valence electrons. The van der Waals surface area contributed by atoms with Crippen molar-refractivity contribution in [1.29, 1.82) is 0 Å². The molecule has 0 aromatic heterocycles.